The van der Waals surface area contributed by atoms with Crippen LogP contribution in [0, 0.1) is 10.1 Å². The molecule has 0 aliphatic carbocycles. The summed E-state index contributed by atoms with van der Waals surface area (Å²) < 4.78 is 24.1. The SMILES string of the molecule is C[C@H](CS(C)(=O)=O)N(C)c1nc2ccccn2c1[N+](=O)[O-]. The molecular formula is C12H16N4O4S. The van der Waals surface area contributed by atoms with Gasteiger partial charge in [0.1, 0.15) is 9.84 Å². The molecule has 2 heterocycles. The third-order valence-corrected chi connectivity index (χ3v) is 4.29. The lowest BCUT2D eigenvalue weighted by Crippen LogP contribution is -2.35. The van der Waals surface area contributed by atoms with E-state index in [0.717, 1.165) is 6.26 Å². The lowest BCUT2D eigenvalue weighted by atomic mass is 10.3. The molecule has 2 aromatic rings. The maximum Gasteiger partial charge on any atom is 0.372 e. The van der Waals surface area contributed by atoms with Crippen LogP contribution in [0.2, 0.25) is 0 Å². The normalized spacial score (nSPS) is 13.3. The molecule has 9 heteroatoms. The fourth-order valence-electron chi connectivity index (χ4n) is 2.14. The van der Waals surface area contributed by atoms with Gasteiger partial charge in [0, 0.05) is 25.4 Å². The van der Waals surface area contributed by atoms with Crippen molar-refractivity contribution in [2.45, 2.75) is 13.0 Å². The quantitative estimate of drug-likeness (QED) is 0.606. The van der Waals surface area contributed by atoms with Gasteiger partial charge >= 0.3 is 5.82 Å². The van der Waals surface area contributed by atoms with Crippen LogP contribution in [-0.4, -0.2) is 47.8 Å². The molecule has 0 aromatic carbocycles. The van der Waals surface area contributed by atoms with Crippen LogP contribution in [0.1, 0.15) is 6.92 Å². The number of sulfone groups is 1. The van der Waals surface area contributed by atoms with Crippen LogP contribution in [0.4, 0.5) is 11.6 Å². The highest BCUT2D eigenvalue weighted by Gasteiger charge is 2.28. The van der Waals surface area contributed by atoms with Crippen LogP contribution in [-0.2, 0) is 9.84 Å². The number of nitrogens with zero attached hydrogens (tertiary/aromatic N) is 4. The predicted octanol–water partition coefficient (Wildman–Crippen LogP) is 1.11. The Balaban J connectivity index is 2.50. The zero-order valence-corrected chi connectivity index (χ0v) is 12.7. The van der Waals surface area contributed by atoms with Gasteiger partial charge in [-0.1, -0.05) is 6.07 Å². The number of fused-ring (bicyclic) bond motifs is 1. The molecule has 0 unspecified atom stereocenters. The van der Waals surface area contributed by atoms with Crippen LogP contribution in [0.15, 0.2) is 24.4 Å². The summed E-state index contributed by atoms with van der Waals surface area (Å²) in [7, 11) is -1.58. The number of pyridine rings is 1. The van der Waals surface area contributed by atoms with Gasteiger partial charge in [-0.25, -0.2) is 8.42 Å². The number of anilines is 1. The highest BCUT2D eigenvalue weighted by molar-refractivity contribution is 7.90. The first kappa shape index (κ1) is 15.2. The molecule has 1 atom stereocenters. The van der Waals surface area contributed by atoms with E-state index in [1.165, 1.54) is 9.30 Å². The van der Waals surface area contributed by atoms with E-state index in [1.54, 1.807) is 38.4 Å². The van der Waals surface area contributed by atoms with Crippen LogP contribution < -0.4 is 4.90 Å². The summed E-state index contributed by atoms with van der Waals surface area (Å²) >= 11 is 0. The molecular weight excluding hydrogens is 296 g/mol. The Morgan fingerprint density at radius 1 is 1.48 bits per heavy atom. The number of hydrogen-bond acceptors (Lipinski definition) is 6. The maximum atomic E-state index is 11.4. The molecule has 0 saturated heterocycles. The third kappa shape index (κ3) is 3.13. The van der Waals surface area contributed by atoms with Crippen LogP contribution >= 0.6 is 0 Å². The summed E-state index contributed by atoms with van der Waals surface area (Å²) in [6.45, 7) is 1.69. The third-order valence-electron chi connectivity index (χ3n) is 3.20. The van der Waals surface area contributed by atoms with E-state index in [0.29, 0.717) is 5.65 Å². The molecule has 0 bridgehead atoms. The number of rotatable bonds is 5. The van der Waals surface area contributed by atoms with Gasteiger partial charge in [-0.2, -0.15) is 9.38 Å². The first-order chi connectivity index (χ1) is 9.70. The maximum absolute atomic E-state index is 11.4. The molecule has 114 valence electrons. The van der Waals surface area contributed by atoms with Crippen molar-refractivity contribution in [2.24, 2.45) is 0 Å². The van der Waals surface area contributed by atoms with Crippen LogP contribution in [0.3, 0.4) is 0 Å². The molecule has 0 spiro atoms. The Kier molecular flexibility index (Phi) is 3.86. The first-order valence-electron chi connectivity index (χ1n) is 6.22. The van der Waals surface area contributed by atoms with Crippen molar-refractivity contribution in [3.05, 3.63) is 34.5 Å². The highest BCUT2D eigenvalue weighted by atomic mass is 32.2. The van der Waals surface area contributed by atoms with E-state index in [9.17, 15) is 18.5 Å². The first-order valence-corrected chi connectivity index (χ1v) is 8.29. The highest BCUT2D eigenvalue weighted by Crippen LogP contribution is 2.29. The van der Waals surface area contributed by atoms with Gasteiger partial charge in [0.2, 0.25) is 11.5 Å². The second-order valence-corrected chi connectivity index (χ2v) is 7.18. The van der Waals surface area contributed by atoms with E-state index in [2.05, 4.69) is 4.98 Å². The smallest absolute Gasteiger partial charge is 0.358 e. The van der Waals surface area contributed by atoms with Gasteiger partial charge in [-0.3, -0.25) is 0 Å². The van der Waals surface area contributed by atoms with Gasteiger partial charge in [0.15, 0.2) is 0 Å². The van der Waals surface area contributed by atoms with E-state index >= 15 is 0 Å². The van der Waals surface area contributed by atoms with Crippen molar-refractivity contribution in [3.8, 4) is 0 Å². The Labute approximate surface area is 122 Å². The van der Waals surface area contributed by atoms with Gasteiger partial charge in [-0.15, -0.1) is 0 Å². The van der Waals surface area contributed by atoms with Crippen molar-refractivity contribution in [1.29, 1.82) is 0 Å². The molecule has 0 radical (unpaired) electrons. The molecule has 0 N–H and O–H groups in total. The molecule has 2 rings (SSSR count). The van der Waals surface area contributed by atoms with Crippen LogP contribution in [0.5, 0.6) is 0 Å². The Morgan fingerprint density at radius 2 is 2.14 bits per heavy atom. The number of hydrogen-bond donors (Lipinski definition) is 0. The molecule has 8 nitrogen and oxygen atoms in total. The Bertz CT molecular complexity index is 784. The van der Waals surface area contributed by atoms with E-state index in [1.807, 2.05) is 0 Å². The summed E-state index contributed by atoms with van der Waals surface area (Å²) in [6, 6.07) is 4.64. The number of aromatic nitrogens is 2. The standard InChI is InChI=1S/C12H16N4O4S/c1-9(8-21(3,19)20)14(2)11-12(16(17)18)15-7-5-4-6-10(15)13-11/h4-7,9H,8H2,1-3H3/t9-/m1/s1. The van der Waals surface area contributed by atoms with Gasteiger partial charge in [0.05, 0.1) is 11.9 Å². The van der Waals surface area contributed by atoms with Gasteiger partial charge < -0.3 is 15.0 Å². The topological polar surface area (TPSA) is 97.8 Å². The van der Waals surface area contributed by atoms with E-state index in [-0.39, 0.29) is 17.4 Å². The summed E-state index contributed by atoms with van der Waals surface area (Å²) in [6.07, 6.45) is 2.69. The van der Waals surface area contributed by atoms with E-state index < -0.39 is 20.8 Å². The Hall–Kier alpha value is -2.16. The van der Waals surface area contributed by atoms with Gasteiger partial charge in [0.25, 0.3) is 0 Å². The van der Waals surface area contributed by atoms with Gasteiger partial charge in [-0.05, 0) is 17.9 Å². The fourth-order valence-corrected chi connectivity index (χ4v) is 3.24. The second kappa shape index (κ2) is 5.32. The lowest BCUT2D eigenvalue weighted by molar-refractivity contribution is -0.389. The summed E-state index contributed by atoms with van der Waals surface area (Å²) in [5, 5.41) is 11.3. The second-order valence-electron chi connectivity index (χ2n) is 5.00. The molecule has 0 aliphatic heterocycles. The average Bonchev–Trinajstić information content (AvgIpc) is 2.74. The molecule has 0 amide bonds. The van der Waals surface area contributed by atoms with Crippen LogP contribution in [0.25, 0.3) is 5.65 Å². The average molecular weight is 312 g/mol. The summed E-state index contributed by atoms with van der Waals surface area (Å²) in [4.78, 5) is 16.6. The number of imidazole rings is 1. The van der Waals surface area contributed by atoms with E-state index in [4.69, 9.17) is 0 Å². The van der Waals surface area contributed by atoms with Crippen molar-refractivity contribution < 1.29 is 13.3 Å². The minimum absolute atomic E-state index is 0.103. The zero-order valence-electron chi connectivity index (χ0n) is 11.9. The minimum atomic E-state index is -3.19. The van der Waals surface area contributed by atoms with Crippen molar-refractivity contribution >= 4 is 27.1 Å². The van der Waals surface area contributed by atoms with Crippen molar-refractivity contribution in [2.75, 3.05) is 24.0 Å². The largest absolute Gasteiger partial charge is 0.372 e. The molecule has 2 aromatic heterocycles. The van der Waals surface area contributed by atoms with Crippen molar-refractivity contribution in [3.63, 3.8) is 0 Å². The molecule has 0 saturated carbocycles. The number of nitro groups is 1. The molecule has 21 heavy (non-hydrogen) atoms. The lowest BCUT2D eigenvalue weighted by Gasteiger charge is -2.23. The fraction of sp³-hybridized carbons (Fsp3) is 0.417. The zero-order chi connectivity index (χ0) is 15.8. The predicted molar refractivity (Wildman–Crippen MR) is 79.4 cm³/mol. The summed E-state index contributed by atoms with van der Waals surface area (Å²) in [5.41, 5.74) is 0.442. The molecule has 0 fully saturated rings. The summed E-state index contributed by atoms with van der Waals surface area (Å²) in [5.74, 6) is -0.120. The minimum Gasteiger partial charge on any atom is -0.358 e. The van der Waals surface area contributed by atoms with Crippen molar-refractivity contribution in [1.82, 2.24) is 9.38 Å². The monoisotopic (exact) mass is 312 g/mol. The Morgan fingerprint density at radius 3 is 2.71 bits per heavy atom. The molecule has 0 aliphatic rings.